The first-order chi connectivity index (χ1) is 17.4. The number of fused-ring (bicyclic) bond motifs is 1. The molecule has 0 bridgehead atoms. The van der Waals surface area contributed by atoms with Crippen molar-refractivity contribution in [1.82, 2.24) is 15.2 Å². The van der Waals surface area contributed by atoms with Crippen LogP contribution in [-0.2, 0) is 16.1 Å². The molecule has 1 aromatic carbocycles. The zero-order valence-electron chi connectivity index (χ0n) is 20.6. The fourth-order valence-corrected chi connectivity index (χ4v) is 4.30. The van der Waals surface area contributed by atoms with Crippen molar-refractivity contribution < 1.29 is 23.5 Å². The lowest BCUT2D eigenvalue weighted by atomic mass is 9.99. The van der Waals surface area contributed by atoms with E-state index in [4.69, 9.17) is 14.5 Å². The largest absolute Gasteiger partial charge is 0.453 e. The summed E-state index contributed by atoms with van der Waals surface area (Å²) in [7, 11) is 1.38. The standard InChI is InChI=1S/C28H30FN3O4/c1-4-19-9-10-25(21-6-5-11-32(15-21)28(34)35-3)31-26(19)12-18(2)14-30-27(33)20-7-8-22-16-36-17-24(29)23(22)13-20/h4,6-10,12-13,24H,2,5,11,14-17H2,1,3H3,(H,30,33)/b19-4-,26-12+. The number of aromatic nitrogens is 1. The third kappa shape index (κ3) is 5.71. The van der Waals surface area contributed by atoms with Gasteiger partial charge in [-0.2, -0.15) is 0 Å². The van der Waals surface area contributed by atoms with Gasteiger partial charge in [-0.15, -0.1) is 0 Å². The topological polar surface area (TPSA) is 80.8 Å². The molecule has 188 valence electrons. The Morgan fingerprint density at radius 1 is 1.33 bits per heavy atom. The van der Waals surface area contributed by atoms with Gasteiger partial charge in [0.1, 0.15) is 6.17 Å². The SMILES string of the molecule is C=C(/C=c1/nc(C2=CCCN(C(=O)OC)C2)cc/c1=C/C)CNC(=O)c1ccc2c(c1)C(F)COC2. The Labute approximate surface area is 209 Å². The van der Waals surface area contributed by atoms with E-state index in [2.05, 4.69) is 18.0 Å². The van der Waals surface area contributed by atoms with Crippen molar-refractivity contribution in [2.24, 2.45) is 0 Å². The van der Waals surface area contributed by atoms with Gasteiger partial charge in [-0.05, 0) is 65.1 Å². The van der Waals surface area contributed by atoms with Gasteiger partial charge in [0.25, 0.3) is 5.91 Å². The van der Waals surface area contributed by atoms with E-state index < -0.39 is 6.17 Å². The van der Waals surface area contributed by atoms with Crippen LogP contribution in [0.1, 0.15) is 46.7 Å². The van der Waals surface area contributed by atoms with Crippen LogP contribution in [0.2, 0.25) is 0 Å². The predicted molar refractivity (Wildman–Crippen MR) is 136 cm³/mol. The summed E-state index contributed by atoms with van der Waals surface area (Å²) in [6.07, 6.45) is 5.01. The fourth-order valence-electron chi connectivity index (χ4n) is 4.30. The molecule has 0 fully saturated rings. The minimum Gasteiger partial charge on any atom is -0.453 e. The Hall–Kier alpha value is -3.78. The van der Waals surface area contributed by atoms with Crippen LogP contribution < -0.4 is 15.9 Å². The number of carbonyl (C=O) groups is 2. The molecule has 1 atom stereocenters. The van der Waals surface area contributed by atoms with Crippen LogP contribution in [-0.4, -0.2) is 55.2 Å². The molecule has 2 aromatic rings. The molecule has 0 aliphatic carbocycles. The van der Waals surface area contributed by atoms with Crippen molar-refractivity contribution in [2.75, 3.05) is 33.4 Å². The molecule has 0 radical (unpaired) electrons. The van der Waals surface area contributed by atoms with E-state index >= 15 is 0 Å². The summed E-state index contributed by atoms with van der Waals surface area (Å²) in [5.74, 6) is -0.301. The van der Waals surface area contributed by atoms with Gasteiger partial charge in [0.2, 0.25) is 0 Å². The highest BCUT2D eigenvalue weighted by Crippen LogP contribution is 2.28. The van der Waals surface area contributed by atoms with Gasteiger partial charge in [0.05, 0.1) is 37.9 Å². The van der Waals surface area contributed by atoms with Crippen LogP contribution in [0.5, 0.6) is 0 Å². The van der Waals surface area contributed by atoms with Crippen LogP contribution in [0.15, 0.2) is 48.6 Å². The molecule has 1 aromatic heterocycles. The molecule has 1 unspecified atom stereocenters. The summed E-state index contributed by atoms with van der Waals surface area (Å²) in [5, 5.41) is 4.50. The first-order valence-corrected chi connectivity index (χ1v) is 11.9. The lowest BCUT2D eigenvalue weighted by molar-refractivity contribution is 0.0512. The molecule has 2 aliphatic rings. The second kappa shape index (κ2) is 11.3. The number of ether oxygens (including phenoxy) is 2. The lowest BCUT2D eigenvalue weighted by Gasteiger charge is -2.25. The molecular weight excluding hydrogens is 461 g/mol. The Morgan fingerprint density at radius 3 is 2.94 bits per heavy atom. The molecule has 3 heterocycles. The van der Waals surface area contributed by atoms with Crippen LogP contribution >= 0.6 is 0 Å². The number of rotatable bonds is 5. The Bertz CT molecular complexity index is 1330. The van der Waals surface area contributed by atoms with E-state index in [-0.39, 0.29) is 25.2 Å². The fraction of sp³-hybridized carbons (Fsp3) is 0.321. The molecule has 36 heavy (non-hydrogen) atoms. The number of hydrogen-bond acceptors (Lipinski definition) is 5. The number of pyridine rings is 1. The quantitative estimate of drug-likeness (QED) is 0.696. The van der Waals surface area contributed by atoms with Gasteiger partial charge < -0.3 is 19.7 Å². The third-order valence-electron chi connectivity index (χ3n) is 6.27. The van der Waals surface area contributed by atoms with E-state index in [1.165, 1.54) is 7.11 Å². The highest BCUT2D eigenvalue weighted by Gasteiger charge is 2.22. The molecule has 1 N–H and O–H groups in total. The average Bonchev–Trinajstić information content (AvgIpc) is 2.91. The van der Waals surface area contributed by atoms with Gasteiger partial charge in [0.15, 0.2) is 0 Å². The second-order valence-corrected chi connectivity index (χ2v) is 8.75. The van der Waals surface area contributed by atoms with E-state index in [0.717, 1.165) is 33.8 Å². The molecular formula is C28H30FN3O4. The second-order valence-electron chi connectivity index (χ2n) is 8.75. The highest BCUT2D eigenvalue weighted by molar-refractivity contribution is 5.94. The monoisotopic (exact) mass is 491 g/mol. The van der Waals surface area contributed by atoms with Crippen LogP contribution in [0.3, 0.4) is 0 Å². The molecule has 7 nitrogen and oxygen atoms in total. The number of hydrogen-bond donors (Lipinski definition) is 1. The molecule has 4 rings (SSSR count). The molecule has 0 spiro atoms. The number of benzene rings is 1. The summed E-state index contributed by atoms with van der Waals surface area (Å²) >= 11 is 0. The highest BCUT2D eigenvalue weighted by atomic mass is 19.1. The van der Waals surface area contributed by atoms with Gasteiger partial charge in [-0.3, -0.25) is 4.79 Å². The Morgan fingerprint density at radius 2 is 2.17 bits per heavy atom. The molecule has 2 amide bonds. The van der Waals surface area contributed by atoms with Crippen molar-refractivity contribution in [1.29, 1.82) is 0 Å². The summed E-state index contributed by atoms with van der Waals surface area (Å²) in [5.41, 5.74) is 4.06. The van der Waals surface area contributed by atoms with E-state index in [9.17, 15) is 14.0 Å². The maximum Gasteiger partial charge on any atom is 0.409 e. The Kier molecular flexibility index (Phi) is 7.95. The van der Waals surface area contributed by atoms with Gasteiger partial charge in [0, 0.05) is 18.7 Å². The van der Waals surface area contributed by atoms with Crippen LogP contribution in [0, 0.1) is 0 Å². The zero-order chi connectivity index (χ0) is 25.7. The number of amides is 2. The summed E-state index contributed by atoms with van der Waals surface area (Å²) in [4.78, 5) is 31.1. The molecule has 0 saturated carbocycles. The van der Waals surface area contributed by atoms with E-state index in [0.29, 0.717) is 36.4 Å². The first kappa shape index (κ1) is 25.3. The van der Waals surface area contributed by atoms with Crippen molar-refractivity contribution in [3.05, 3.63) is 81.5 Å². The van der Waals surface area contributed by atoms with Crippen molar-refractivity contribution in [3.63, 3.8) is 0 Å². The van der Waals surface area contributed by atoms with Crippen molar-refractivity contribution in [3.8, 4) is 0 Å². The van der Waals surface area contributed by atoms with Crippen molar-refractivity contribution in [2.45, 2.75) is 26.1 Å². The minimum atomic E-state index is -1.23. The lowest BCUT2D eigenvalue weighted by Crippen LogP contribution is -2.36. The maximum absolute atomic E-state index is 14.2. The first-order valence-electron chi connectivity index (χ1n) is 11.9. The van der Waals surface area contributed by atoms with Crippen LogP contribution in [0.25, 0.3) is 17.7 Å². The Balaban J connectivity index is 1.48. The predicted octanol–water partition coefficient (Wildman–Crippen LogP) is 3.05. The number of halogens is 1. The molecule has 2 aliphatic heterocycles. The molecule has 0 saturated heterocycles. The van der Waals surface area contributed by atoms with E-state index in [1.807, 2.05) is 31.2 Å². The summed E-state index contributed by atoms with van der Waals surface area (Å²) in [6, 6.07) is 8.91. The smallest absolute Gasteiger partial charge is 0.409 e. The zero-order valence-corrected chi connectivity index (χ0v) is 20.6. The minimum absolute atomic E-state index is 0.00427. The van der Waals surface area contributed by atoms with Crippen molar-refractivity contribution >= 4 is 29.7 Å². The van der Waals surface area contributed by atoms with Gasteiger partial charge in [-0.25, -0.2) is 14.2 Å². The molecule has 8 heteroatoms. The third-order valence-corrected chi connectivity index (χ3v) is 6.27. The van der Waals surface area contributed by atoms with Gasteiger partial charge >= 0.3 is 6.09 Å². The summed E-state index contributed by atoms with van der Waals surface area (Å²) < 4.78 is 24.2. The van der Waals surface area contributed by atoms with Gasteiger partial charge in [-0.1, -0.05) is 30.9 Å². The number of carbonyl (C=O) groups excluding carboxylic acids is 2. The average molecular weight is 492 g/mol. The number of nitrogens with one attached hydrogen (secondary N) is 1. The summed E-state index contributed by atoms with van der Waals surface area (Å²) in [6.45, 7) is 7.61. The number of alkyl halides is 1. The van der Waals surface area contributed by atoms with Crippen LogP contribution in [0.4, 0.5) is 9.18 Å². The number of nitrogens with zero attached hydrogens (tertiary/aromatic N) is 2. The number of methoxy groups -OCH3 is 1. The van der Waals surface area contributed by atoms with E-state index in [1.54, 1.807) is 23.1 Å². The maximum atomic E-state index is 14.2. The normalized spacial score (nSPS) is 18.4.